The number of halogens is 1. The zero-order chi connectivity index (χ0) is 12.3. The van der Waals surface area contributed by atoms with Gasteiger partial charge in [0.1, 0.15) is 0 Å². The molecule has 1 N–H and O–H groups in total. The van der Waals surface area contributed by atoms with Gasteiger partial charge >= 0.3 is 0 Å². The molecule has 17 heavy (non-hydrogen) atoms. The molecule has 2 atom stereocenters. The number of rotatable bonds is 6. The van der Waals surface area contributed by atoms with Gasteiger partial charge in [-0.3, -0.25) is 0 Å². The molecule has 3 heteroatoms. The van der Waals surface area contributed by atoms with Gasteiger partial charge in [0.05, 0.1) is 6.61 Å². The molecule has 2 rings (SSSR count). The summed E-state index contributed by atoms with van der Waals surface area (Å²) in [5.74, 6) is 1.56. The Morgan fingerprint density at radius 2 is 2.29 bits per heavy atom. The normalized spacial score (nSPS) is 22.8. The van der Waals surface area contributed by atoms with Crippen LogP contribution in [-0.4, -0.2) is 26.8 Å². The van der Waals surface area contributed by atoms with Crippen molar-refractivity contribution in [1.82, 2.24) is 5.32 Å². The Labute approximate surface area is 112 Å². The average molecular weight is 298 g/mol. The highest BCUT2D eigenvalue weighted by Gasteiger charge is 2.37. The third kappa shape index (κ3) is 3.54. The maximum Gasteiger partial charge on any atom is 0.0587 e. The van der Waals surface area contributed by atoms with Gasteiger partial charge in [-0.2, -0.15) is 0 Å². The van der Waals surface area contributed by atoms with Crippen LogP contribution in [0, 0.1) is 12.8 Å². The molecule has 0 radical (unpaired) electrons. The Morgan fingerprint density at radius 3 is 3.00 bits per heavy atom. The largest absolute Gasteiger partial charge is 0.383 e. The zero-order valence-electron chi connectivity index (χ0n) is 10.5. The first-order chi connectivity index (χ1) is 8.22. The fraction of sp³-hybridized carbons (Fsp3) is 0.571. The molecule has 1 fully saturated rings. The Balaban J connectivity index is 1.79. The van der Waals surface area contributed by atoms with Crippen LogP contribution in [0.4, 0.5) is 0 Å². The summed E-state index contributed by atoms with van der Waals surface area (Å²) in [5, 5.41) is 3.44. The number of benzene rings is 1. The predicted octanol–water partition coefficient (Wildman–Crippen LogP) is 3.10. The minimum Gasteiger partial charge on any atom is -0.383 e. The molecule has 0 spiro atoms. The van der Waals surface area contributed by atoms with Crippen LogP contribution in [0.3, 0.4) is 0 Å². The Bertz CT molecular complexity index is 380. The van der Waals surface area contributed by atoms with Crippen molar-refractivity contribution in [2.45, 2.75) is 19.3 Å². The molecule has 0 aromatic heterocycles. The molecule has 94 valence electrons. The van der Waals surface area contributed by atoms with Gasteiger partial charge < -0.3 is 10.1 Å². The van der Waals surface area contributed by atoms with E-state index >= 15 is 0 Å². The first-order valence-corrected chi connectivity index (χ1v) is 6.97. The summed E-state index contributed by atoms with van der Waals surface area (Å²) in [5.41, 5.74) is 2.78. The highest BCUT2D eigenvalue weighted by atomic mass is 79.9. The van der Waals surface area contributed by atoms with Crippen molar-refractivity contribution in [1.29, 1.82) is 0 Å². The minimum absolute atomic E-state index is 0.752. The lowest BCUT2D eigenvalue weighted by atomic mass is 10.1. The fourth-order valence-corrected chi connectivity index (χ4v) is 2.58. The summed E-state index contributed by atoms with van der Waals surface area (Å²) in [4.78, 5) is 0. The van der Waals surface area contributed by atoms with Crippen molar-refractivity contribution < 1.29 is 4.74 Å². The lowest BCUT2D eigenvalue weighted by molar-refractivity contribution is 0.199. The molecular weight excluding hydrogens is 278 g/mol. The highest BCUT2D eigenvalue weighted by Crippen LogP contribution is 2.47. The van der Waals surface area contributed by atoms with Gasteiger partial charge in [-0.1, -0.05) is 28.1 Å². The highest BCUT2D eigenvalue weighted by molar-refractivity contribution is 9.10. The standard InChI is InChI=1S/C14H20BrNO/c1-10-3-4-11(8-14(10)15)13-7-12(13)9-16-5-6-17-2/h3-4,8,12-13,16H,5-7,9H2,1-2H3. The van der Waals surface area contributed by atoms with Crippen molar-refractivity contribution >= 4 is 15.9 Å². The molecule has 2 nitrogen and oxygen atoms in total. The molecule has 1 aromatic rings. The van der Waals surface area contributed by atoms with Crippen LogP contribution in [0.2, 0.25) is 0 Å². The van der Waals surface area contributed by atoms with Crippen molar-refractivity contribution in [2.24, 2.45) is 5.92 Å². The third-order valence-corrected chi connectivity index (χ3v) is 4.29. The van der Waals surface area contributed by atoms with E-state index in [2.05, 4.69) is 46.4 Å². The van der Waals surface area contributed by atoms with Crippen LogP contribution >= 0.6 is 15.9 Å². The lowest BCUT2D eigenvalue weighted by Gasteiger charge is -2.05. The Hall–Kier alpha value is -0.380. The van der Waals surface area contributed by atoms with E-state index in [9.17, 15) is 0 Å². The number of ether oxygens (including phenoxy) is 1. The second kappa shape index (κ2) is 5.98. The Morgan fingerprint density at radius 1 is 1.47 bits per heavy atom. The van der Waals surface area contributed by atoms with E-state index in [1.807, 2.05) is 0 Å². The van der Waals surface area contributed by atoms with E-state index in [-0.39, 0.29) is 0 Å². The van der Waals surface area contributed by atoms with E-state index in [0.29, 0.717) is 0 Å². The van der Waals surface area contributed by atoms with Crippen molar-refractivity contribution in [3.63, 3.8) is 0 Å². The van der Waals surface area contributed by atoms with Crippen molar-refractivity contribution in [2.75, 3.05) is 26.8 Å². The quantitative estimate of drug-likeness (QED) is 0.815. The summed E-state index contributed by atoms with van der Waals surface area (Å²) < 4.78 is 6.25. The van der Waals surface area contributed by atoms with Gasteiger partial charge in [-0.05, 0) is 48.9 Å². The van der Waals surface area contributed by atoms with Crippen LogP contribution in [0.1, 0.15) is 23.5 Å². The van der Waals surface area contributed by atoms with Crippen LogP contribution in [0.25, 0.3) is 0 Å². The molecule has 1 aliphatic carbocycles. The predicted molar refractivity (Wildman–Crippen MR) is 74.5 cm³/mol. The molecule has 0 aliphatic heterocycles. The summed E-state index contributed by atoms with van der Waals surface area (Å²) >= 11 is 3.60. The maximum absolute atomic E-state index is 5.02. The SMILES string of the molecule is COCCNCC1CC1c1ccc(C)c(Br)c1. The molecule has 0 heterocycles. The average Bonchev–Trinajstić information content (AvgIpc) is 3.08. The van der Waals surface area contributed by atoms with E-state index in [1.54, 1.807) is 7.11 Å². The third-order valence-electron chi connectivity index (χ3n) is 3.44. The van der Waals surface area contributed by atoms with E-state index in [0.717, 1.165) is 31.5 Å². The number of hydrogen-bond acceptors (Lipinski definition) is 2. The van der Waals surface area contributed by atoms with Gasteiger partial charge in [0.2, 0.25) is 0 Å². The number of nitrogens with one attached hydrogen (secondary N) is 1. The van der Waals surface area contributed by atoms with Crippen molar-refractivity contribution in [3.05, 3.63) is 33.8 Å². The van der Waals surface area contributed by atoms with Gasteiger partial charge in [0, 0.05) is 18.1 Å². The topological polar surface area (TPSA) is 21.3 Å². The molecule has 1 aliphatic rings. The molecular formula is C14H20BrNO. The van der Waals surface area contributed by atoms with Crippen LogP contribution in [0.5, 0.6) is 0 Å². The van der Waals surface area contributed by atoms with Gasteiger partial charge in [0.15, 0.2) is 0 Å². The number of hydrogen-bond donors (Lipinski definition) is 1. The van der Waals surface area contributed by atoms with E-state index in [1.165, 1.54) is 22.0 Å². The van der Waals surface area contributed by atoms with Gasteiger partial charge in [-0.15, -0.1) is 0 Å². The molecule has 1 aromatic carbocycles. The summed E-state index contributed by atoms with van der Waals surface area (Å²) in [6.45, 7) is 4.99. The second-order valence-electron chi connectivity index (χ2n) is 4.81. The van der Waals surface area contributed by atoms with Gasteiger partial charge in [0.25, 0.3) is 0 Å². The summed E-state index contributed by atoms with van der Waals surface area (Å²) in [6.07, 6.45) is 1.31. The van der Waals surface area contributed by atoms with Gasteiger partial charge in [-0.25, -0.2) is 0 Å². The van der Waals surface area contributed by atoms with Crippen LogP contribution < -0.4 is 5.32 Å². The molecule has 1 saturated carbocycles. The minimum atomic E-state index is 0.752. The van der Waals surface area contributed by atoms with Crippen LogP contribution in [-0.2, 0) is 4.74 Å². The van der Waals surface area contributed by atoms with Crippen LogP contribution in [0.15, 0.2) is 22.7 Å². The monoisotopic (exact) mass is 297 g/mol. The Kier molecular flexibility index (Phi) is 4.60. The summed E-state index contributed by atoms with van der Waals surface area (Å²) in [7, 11) is 1.74. The molecule has 2 unspecified atom stereocenters. The van der Waals surface area contributed by atoms with Crippen molar-refractivity contribution in [3.8, 4) is 0 Å². The van der Waals surface area contributed by atoms with E-state index in [4.69, 9.17) is 4.74 Å². The second-order valence-corrected chi connectivity index (χ2v) is 5.66. The molecule has 0 amide bonds. The number of methoxy groups -OCH3 is 1. The van der Waals surface area contributed by atoms with E-state index < -0.39 is 0 Å². The maximum atomic E-state index is 5.02. The molecule has 0 saturated heterocycles. The lowest BCUT2D eigenvalue weighted by Crippen LogP contribution is -2.21. The first kappa shape index (κ1) is 13.1. The first-order valence-electron chi connectivity index (χ1n) is 6.18. The fourth-order valence-electron chi connectivity index (χ4n) is 2.18. The smallest absolute Gasteiger partial charge is 0.0587 e. The molecule has 0 bridgehead atoms. The number of aryl methyl sites for hydroxylation is 1. The summed E-state index contributed by atoms with van der Waals surface area (Å²) in [6, 6.07) is 6.74. The zero-order valence-corrected chi connectivity index (χ0v) is 12.1.